The van der Waals surface area contributed by atoms with Crippen LogP contribution in [0, 0.1) is 6.42 Å². The first kappa shape index (κ1) is 11.5. The van der Waals surface area contributed by atoms with Gasteiger partial charge in [0, 0.05) is 5.56 Å². The van der Waals surface area contributed by atoms with Gasteiger partial charge in [0.15, 0.2) is 0 Å². The van der Waals surface area contributed by atoms with Crippen LogP contribution in [0.15, 0.2) is 66.7 Å². The molecule has 0 heterocycles. The number of hydrogen-bond donors (Lipinski definition) is 1. The highest BCUT2D eigenvalue weighted by Crippen LogP contribution is 2.13. The third-order valence-corrected chi connectivity index (χ3v) is 2.53. The average molecular weight is 223 g/mol. The van der Waals surface area contributed by atoms with Crippen LogP contribution in [-0.4, -0.2) is 5.11 Å². The van der Waals surface area contributed by atoms with Crippen LogP contribution in [0.5, 0.6) is 0 Å². The molecule has 0 aromatic heterocycles. The minimum atomic E-state index is 0.331. The highest BCUT2D eigenvalue weighted by atomic mass is 16.3. The van der Waals surface area contributed by atoms with E-state index >= 15 is 0 Å². The predicted octanol–water partition coefficient (Wildman–Crippen LogP) is 4.23. The summed E-state index contributed by atoms with van der Waals surface area (Å²) in [6.45, 7) is 0. The van der Waals surface area contributed by atoms with Gasteiger partial charge in [-0.2, -0.15) is 0 Å². The van der Waals surface area contributed by atoms with Gasteiger partial charge in [0.1, 0.15) is 5.76 Å². The molecule has 1 N–H and O–H groups in total. The second-order valence-corrected chi connectivity index (χ2v) is 3.81. The van der Waals surface area contributed by atoms with E-state index in [0.717, 1.165) is 12.0 Å². The third kappa shape index (κ3) is 3.49. The topological polar surface area (TPSA) is 20.2 Å². The Kier molecular flexibility index (Phi) is 3.98. The molecule has 0 spiro atoms. The van der Waals surface area contributed by atoms with Crippen LogP contribution < -0.4 is 0 Å². The standard InChI is InChI=1S/C16H15O/c17-16(15-11-5-2-6-12-15)13-7-10-14-8-3-1-4-9-14/h1-6,8-13,17H,7H2/b16-13-. The number of hydrogen-bond acceptors (Lipinski definition) is 1. The quantitative estimate of drug-likeness (QED) is 0.769. The van der Waals surface area contributed by atoms with Gasteiger partial charge < -0.3 is 5.11 Å². The highest BCUT2D eigenvalue weighted by molar-refractivity contribution is 5.58. The van der Waals surface area contributed by atoms with Gasteiger partial charge in [-0.15, -0.1) is 0 Å². The first-order chi connectivity index (χ1) is 8.36. The van der Waals surface area contributed by atoms with E-state index < -0.39 is 0 Å². The molecule has 0 aliphatic rings. The van der Waals surface area contributed by atoms with Crippen molar-refractivity contribution >= 4 is 5.76 Å². The maximum Gasteiger partial charge on any atom is 0.118 e. The molecular formula is C16H15O. The minimum Gasteiger partial charge on any atom is -0.508 e. The lowest BCUT2D eigenvalue weighted by molar-refractivity contribution is 0.510. The van der Waals surface area contributed by atoms with Gasteiger partial charge in [-0.1, -0.05) is 60.7 Å². The van der Waals surface area contributed by atoms with Crippen LogP contribution in [0.4, 0.5) is 0 Å². The molecule has 2 rings (SSSR count). The molecule has 0 aliphatic heterocycles. The fourth-order valence-corrected chi connectivity index (χ4v) is 1.62. The molecule has 0 saturated carbocycles. The molecule has 17 heavy (non-hydrogen) atoms. The maximum atomic E-state index is 9.84. The van der Waals surface area contributed by atoms with Crippen molar-refractivity contribution in [3.8, 4) is 0 Å². The van der Waals surface area contributed by atoms with Crippen molar-refractivity contribution in [2.75, 3.05) is 0 Å². The SMILES string of the molecule is O/C(=C\C[CH]c1ccccc1)c1ccccc1. The van der Waals surface area contributed by atoms with Crippen molar-refractivity contribution in [1.82, 2.24) is 0 Å². The zero-order valence-corrected chi connectivity index (χ0v) is 9.58. The van der Waals surface area contributed by atoms with E-state index in [0.29, 0.717) is 5.76 Å². The van der Waals surface area contributed by atoms with Gasteiger partial charge in [-0.3, -0.25) is 0 Å². The number of benzene rings is 2. The largest absolute Gasteiger partial charge is 0.508 e. The Labute approximate surface area is 102 Å². The van der Waals surface area contributed by atoms with Crippen LogP contribution in [0.1, 0.15) is 17.5 Å². The summed E-state index contributed by atoms with van der Waals surface area (Å²) in [4.78, 5) is 0. The summed E-state index contributed by atoms with van der Waals surface area (Å²) < 4.78 is 0. The van der Waals surface area contributed by atoms with E-state index in [4.69, 9.17) is 0 Å². The molecule has 0 amide bonds. The summed E-state index contributed by atoms with van der Waals surface area (Å²) in [6, 6.07) is 19.7. The summed E-state index contributed by atoms with van der Waals surface area (Å²) in [5, 5.41) is 9.84. The summed E-state index contributed by atoms with van der Waals surface area (Å²) >= 11 is 0. The molecule has 0 unspecified atom stereocenters. The molecule has 0 atom stereocenters. The summed E-state index contributed by atoms with van der Waals surface area (Å²) in [5.41, 5.74) is 2.03. The van der Waals surface area contributed by atoms with E-state index in [1.807, 2.05) is 66.7 Å². The first-order valence-corrected chi connectivity index (χ1v) is 5.69. The van der Waals surface area contributed by atoms with Gasteiger partial charge in [0.25, 0.3) is 0 Å². The van der Waals surface area contributed by atoms with E-state index in [1.54, 1.807) is 0 Å². The first-order valence-electron chi connectivity index (χ1n) is 5.69. The van der Waals surface area contributed by atoms with Crippen LogP contribution in [0.25, 0.3) is 5.76 Å². The molecule has 1 radical (unpaired) electrons. The van der Waals surface area contributed by atoms with Crippen LogP contribution in [-0.2, 0) is 0 Å². The number of aliphatic hydroxyl groups is 1. The predicted molar refractivity (Wildman–Crippen MR) is 71.5 cm³/mol. The van der Waals surface area contributed by atoms with Gasteiger partial charge >= 0.3 is 0 Å². The molecule has 85 valence electrons. The second-order valence-electron chi connectivity index (χ2n) is 3.81. The second kappa shape index (κ2) is 5.90. The third-order valence-electron chi connectivity index (χ3n) is 2.53. The van der Waals surface area contributed by atoms with Gasteiger partial charge in [-0.05, 0) is 24.5 Å². The van der Waals surface area contributed by atoms with Crippen LogP contribution in [0.3, 0.4) is 0 Å². The molecule has 0 bridgehead atoms. The fourth-order valence-electron chi connectivity index (χ4n) is 1.62. The van der Waals surface area contributed by atoms with Gasteiger partial charge in [-0.25, -0.2) is 0 Å². The summed E-state index contributed by atoms with van der Waals surface area (Å²) in [5.74, 6) is 0.331. The lowest BCUT2D eigenvalue weighted by Gasteiger charge is -2.00. The summed E-state index contributed by atoms with van der Waals surface area (Å²) in [7, 11) is 0. The van der Waals surface area contributed by atoms with Crippen LogP contribution >= 0.6 is 0 Å². The monoisotopic (exact) mass is 223 g/mol. The lowest BCUT2D eigenvalue weighted by atomic mass is 10.1. The van der Waals surface area contributed by atoms with Crippen molar-refractivity contribution in [3.63, 3.8) is 0 Å². The molecule has 1 nitrogen and oxygen atoms in total. The molecule has 0 fully saturated rings. The number of allylic oxidation sites excluding steroid dienone is 1. The molecule has 2 aromatic rings. The Morgan fingerprint density at radius 3 is 2.12 bits per heavy atom. The Morgan fingerprint density at radius 1 is 0.882 bits per heavy atom. The Morgan fingerprint density at radius 2 is 1.47 bits per heavy atom. The minimum absolute atomic E-state index is 0.331. The van der Waals surface area contributed by atoms with Gasteiger partial charge in [0.05, 0.1) is 0 Å². The van der Waals surface area contributed by atoms with Crippen molar-refractivity contribution in [3.05, 3.63) is 84.3 Å². The zero-order valence-electron chi connectivity index (χ0n) is 9.58. The summed E-state index contributed by atoms with van der Waals surface area (Å²) in [6.07, 6.45) is 4.63. The van der Waals surface area contributed by atoms with E-state index in [-0.39, 0.29) is 0 Å². The smallest absolute Gasteiger partial charge is 0.118 e. The van der Waals surface area contributed by atoms with E-state index in [9.17, 15) is 5.11 Å². The van der Waals surface area contributed by atoms with Crippen molar-refractivity contribution in [2.45, 2.75) is 6.42 Å². The Hall–Kier alpha value is -2.02. The molecule has 1 heteroatoms. The number of aliphatic hydroxyl groups excluding tert-OH is 1. The molecular weight excluding hydrogens is 208 g/mol. The Bertz CT molecular complexity index is 471. The van der Waals surface area contributed by atoms with Crippen LogP contribution in [0.2, 0.25) is 0 Å². The molecule has 0 aliphatic carbocycles. The van der Waals surface area contributed by atoms with E-state index in [1.165, 1.54) is 5.56 Å². The maximum absolute atomic E-state index is 9.84. The van der Waals surface area contributed by atoms with Gasteiger partial charge in [0.2, 0.25) is 0 Å². The highest BCUT2D eigenvalue weighted by Gasteiger charge is 1.96. The van der Waals surface area contributed by atoms with Crippen molar-refractivity contribution in [1.29, 1.82) is 0 Å². The zero-order chi connectivity index (χ0) is 11.9. The molecule has 0 saturated heterocycles. The fraction of sp³-hybridized carbons (Fsp3) is 0.0625. The Balaban J connectivity index is 1.93. The average Bonchev–Trinajstić information content (AvgIpc) is 2.41. The number of rotatable bonds is 4. The molecule has 2 aromatic carbocycles. The normalized spacial score (nSPS) is 11.4. The lowest BCUT2D eigenvalue weighted by Crippen LogP contribution is -1.83. The van der Waals surface area contributed by atoms with E-state index in [2.05, 4.69) is 6.42 Å². The van der Waals surface area contributed by atoms with Crippen molar-refractivity contribution in [2.24, 2.45) is 0 Å². The van der Waals surface area contributed by atoms with Crippen molar-refractivity contribution < 1.29 is 5.11 Å².